The Morgan fingerprint density at radius 2 is 1.71 bits per heavy atom. The second-order valence-electron chi connectivity index (χ2n) is 9.19. The number of hydrogen-bond donors (Lipinski definition) is 1. The van der Waals surface area contributed by atoms with E-state index in [1.165, 1.54) is 31.9 Å². The molecule has 2 aliphatic heterocycles. The number of fused-ring (bicyclic) bond motifs is 2. The number of benzene rings is 3. The number of nitrogens with one attached hydrogen (secondary N) is 1. The van der Waals surface area contributed by atoms with E-state index in [9.17, 15) is 9.59 Å². The van der Waals surface area contributed by atoms with E-state index < -0.39 is 0 Å². The van der Waals surface area contributed by atoms with Crippen molar-refractivity contribution < 1.29 is 14.3 Å². The minimum Gasteiger partial charge on any atom is -0.427 e. The van der Waals surface area contributed by atoms with Gasteiger partial charge in [0.2, 0.25) is 0 Å². The quantitative estimate of drug-likeness (QED) is 0.326. The molecule has 7 nitrogen and oxygen atoms in total. The molecule has 3 heterocycles. The van der Waals surface area contributed by atoms with Gasteiger partial charge in [-0.25, -0.2) is 4.98 Å². The van der Waals surface area contributed by atoms with Gasteiger partial charge in [0.1, 0.15) is 11.6 Å². The minimum absolute atomic E-state index is 0.0290. The summed E-state index contributed by atoms with van der Waals surface area (Å²) in [5.74, 6) is 0.889. The predicted octanol–water partition coefficient (Wildman–Crippen LogP) is 5.31. The average molecular weight is 467 g/mol. The van der Waals surface area contributed by atoms with Crippen molar-refractivity contribution in [3.63, 3.8) is 0 Å². The molecule has 0 unspecified atom stereocenters. The first kappa shape index (κ1) is 21.4. The van der Waals surface area contributed by atoms with Crippen LogP contribution in [0.15, 0.2) is 60.7 Å². The first-order valence-electron chi connectivity index (χ1n) is 12.0. The van der Waals surface area contributed by atoms with Gasteiger partial charge in [-0.2, -0.15) is 0 Å². The highest BCUT2D eigenvalue weighted by atomic mass is 16.5. The molecular formula is C28H26N4O3. The molecule has 0 bridgehead atoms. The summed E-state index contributed by atoms with van der Waals surface area (Å²) in [7, 11) is 0. The molecule has 0 aliphatic carbocycles. The lowest BCUT2D eigenvalue weighted by Crippen LogP contribution is -2.29. The van der Waals surface area contributed by atoms with Crippen molar-refractivity contribution in [2.45, 2.75) is 32.7 Å². The first-order valence-corrected chi connectivity index (χ1v) is 12.0. The molecule has 0 atom stereocenters. The number of carbonyl (C=O) groups excluding carboxylic acids is 2. The van der Waals surface area contributed by atoms with Crippen molar-refractivity contribution in [1.29, 1.82) is 0 Å². The van der Waals surface area contributed by atoms with Crippen molar-refractivity contribution >= 4 is 34.3 Å². The molecule has 0 spiro atoms. The SMILES string of the molecule is CC(=O)Oc1ccc(-c2nc3cc(N4Cc5cc(N6CCCCC6)ccc5C4=O)ccc3[nH]2)cc1. The van der Waals surface area contributed by atoms with E-state index in [2.05, 4.69) is 22.0 Å². The predicted molar refractivity (Wildman–Crippen MR) is 136 cm³/mol. The van der Waals surface area contributed by atoms with Crippen LogP contribution in [0, 0.1) is 0 Å². The van der Waals surface area contributed by atoms with E-state index in [0.717, 1.165) is 46.5 Å². The molecule has 1 saturated heterocycles. The molecule has 7 heteroatoms. The molecule has 4 aromatic rings. The van der Waals surface area contributed by atoms with Crippen LogP contribution in [0.25, 0.3) is 22.4 Å². The number of rotatable bonds is 4. The van der Waals surface area contributed by atoms with Crippen molar-refractivity contribution in [2.75, 3.05) is 22.9 Å². The molecule has 3 aromatic carbocycles. The van der Waals surface area contributed by atoms with Gasteiger partial charge in [0, 0.05) is 42.5 Å². The number of aromatic amines is 1. The third kappa shape index (κ3) is 4.03. The Labute approximate surface area is 203 Å². The molecule has 1 aromatic heterocycles. The number of anilines is 2. The lowest BCUT2D eigenvalue weighted by molar-refractivity contribution is -0.131. The van der Waals surface area contributed by atoms with Crippen LogP contribution in [0.1, 0.15) is 42.1 Å². The molecule has 6 rings (SSSR count). The Morgan fingerprint density at radius 3 is 2.49 bits per heavy atom. The van der Waals surface area contributed by atoms with Crippen molar-refractivity contribution in [3.05, 3.63) is 71.8 Å². The van der Waals surface area contributed by atoms with E-state index >= 15 is 0 Å². The Bertz CT molecular complexity index is 1430. The number of esters is 1. The average Bonchev–Trinajstić information content (AvgIpc) is 3.45. The zero-order valence-electron chi connectivity index (χ0n) is 19.6. The third-order valence-electron chi connectivity index (χ3n) is 6.78. The lowest BCUT2D eigenvalue weighted by atomic mass is 10.1. The fraction of sp³-hybridized carbons (Fsp3) is 0.250. The van der Waals surface area contributed by atoms with Gasteiger partial charge in [-0.05, 0) is 85.5 Å². The van der Waals surface area contributed by atoms with Crippen LogP contribution in [0.3, 0.4) is 0 Å². The molecule has 35 heavy (non-hydrogen) atoms. The molecule has 176 valence electrons. The number of ether oxygens (including phenoxy) is 1. The maximum atomic E-state index is 13.2. The summed E-state index contributed by atoms with van der Waals surface area (Å²) < 4.78 is 5.11. The van der Waals surface area contributed by atoms with Crippen molar-refractivity contribution in [3.8, 4) is 17.1 Å². The number of amides is 1. The number of nitrogens with zero attached hydrogens (tertiary/aromatic N) is 3. The van der Waals surface area contributed by atoms with Gasteiger partial charge in [0.05, 0.1) is 17.6 Å². The Kier molecular flexibility index (Phi) is 5.25. The molecule has 1 amide bonds. The van der Waals surface area contributed by atoms with Crippen LogP contribution >= 0.6 is 0 Å². The largest absolute Gasteiger partial charge is 0.427 e. The highest BCUT2D eigenvalue weighted by Gasteiger charge is 2.29. The summed E-state index contributed by atoms with van der Waals surface area (Å²) in [5.41, 5.74) is 6.47. The minimum atomic E-state index is -0.352. The van der Waals surface area contributed by atoms with E-state index in [1.54, 1.807) is 12.1 Å². The van der Waals surface area contributed by atoms with Gasteiger partial charge in [-0.1, -0.05) is 0 Å². The summed E-state index contributed by atoms with van der Waals surface area (Å²) in [6.07, 6.45) is 3.75. The highest BCUT2D eigenvalue weighted by molar-refractivity contribution is 6.10. The summed E-state index contributed by atoms with van der Waals surface area (Å²) in [5, 5.41) is 0. The van der Waals surface area contributed by atoms with Crippen LogP contribution in [-0.2, 0) is 11.3 Å². The number of carbonyl (C=O) groups is 2. The Hall–Kier alpha value is -4.13. The van der Waals surface area contributed by atoms with E-state index in [4.69, 9.17) is 9.72 Å². The van der Waals surface area contributed by atoms with E-state index in [-0.39, 0.29) is 11.9 Å². The fourth-order valence-corrected chi connectivity index (χ4v) is 5.01. The van der Waals surface area contributed by atoms with Gasteiger partial charge < -0.3 is 19.5 Å². The van der Waals surface area contributed by atoms with Gasteiger partial charge in [0.15, 0.2) is 0 Å². The Morgan fingerprint density at radius 1 is 0.943 bits per heavy atom. The zero-order valence-corrected chi connectivity index (χ0v) is 19.6. The van der Waals surface area contributed by atoms with Crippen LogP contribution in [0.4, 0.5) is 11.4 Å². The van der Waals surface area contributed by atoms with E-state index in [1.807, 2.05) is 41.3 Å². The van der Waals surface area contributed by atoms with Crippen molar-refractivity contribution in [2.24, 2.45) is 0 Å². The number of piperidine rings is 1. The topological polar surface area (TPSA) is 78.5 Å². The maximum absolute atomic E-state index is 13.2. The molecule has 2 aliphatic rings. The maximum Gasteiger partial charge on any atom is 0.308 e. The fourth-order valence-electron chi connectivity index (χ4n) is 5.01. The zero-order chi connectivity index (χ0) is 23.9. The molecule has 0 saturated carbocycles. The van der Waals surface area contributed by atoms with Crippen LogP contribution < -0.4 is 14.5 Å². The van der Waals surface area contributed by atoms with Gasteiger partial charge in [-0.3, -0.25) is 9.59 Å². The molecule has 1 fully saturated rings. The third-order valence-corrected chi connectivity index (χ3v) is 6.78. The van der Waals surface area contributed by atoms with E-state index in [0.29, 0.717) is 18.1 Å². The number of aromatic nitrogens is 2. The molecule has 0 radical (unpaired) electrons. The van der Waals surface area contributed by atoms with Crippen molar-refractivity contribution in [1.82, 2.24) is 9.97 Å². The second-order valence-corrected chi connectivity index (χ2v) is 9.19. The van der Waals surface area contributed by atoms with Gasteiger partial charge in [0.25, 0.3) is 5.91 Å². The smallest absolute Gasteiger partial charge is 0.308 e. The monoisotopic (exact) mass is 466 g/mol. The molecule has 1 N–H and O–H groups in total. The second kappa shape index (κ2) is 8.58. The normalized spacial score (nSPS) is 15.5. The van der Waals surface area contributed by atoms with Crippen LogP contribution in [0.2, 0.25) is 0 Å². The standard InChI is InChI=1S/C28H26N4O3/c1-18(33)35-23-9-5-19(6-10-23)27-29-25-12-8-22(16-26(25)30-27)32-17-20-15-21(7-11-24(20)28(32)34)31-13-3-2-4-14-31/h5-12,15-16H,2-4,13-14,17H2,1H3,(H,29,30). The van der Waals surface area contributed by atoms with Crippen LogP contribution in [-0.4, -0.2) is 34.9 Å². The Balaban J connectivity index is 1.25. The summed E-state index contributed by atoms with van der Waals surface area (Å²) in [6.45, 7) is 4.11. The van der Waals surface area contributed by atoms with Gasteiger partial charge >= 0.3 is 5.97 Å². The summed E-state index contributed by atoms with van der Waals surface area (Å²) in [6, 6.07) is 19.3. The number of H-pyrrole nitrogens is 1. The summed E-state index contributed by atoms with van der Waals surface area (Å²) >= 11 is 0. The lowest BCUT2D eigenvalue weighted by Gasteiger charge is -2.29. The van der Waals surface area contributed by atoms with Gasteiger partial charge in [-0.15, -0.1) is 0 Å². The summed E-state index contributed by atoms with van der Waals surface area (Å²) in [4.78, 5) is 36.7. The first-order chi connectivity index (χ1) is 17.0. The highest BCUT2D eigenvalue weighted by Crippen LogP contribution is 2.33. The number of imidazole rings is 1. The van der Waals surface area contributed by atoms with Crippen LogP contribution in [0.5, 0.6) is 5.75 Å². The molecular weight excluding hydrogens is 440 g/mol. The number of hydrogen-bond acceptors (Lipinski definition) is 5.